The van der Waals surface area contributed by atoms with Crippen molar-refractivity contribution in [1.29, 1.82) is 0 Å². The Bertz CT molecular complexity index is 1470. The summed E-state index contributed by atoms with van der Waals surface area (Å²) in [5.41, 5.74) is 3.43. The molecule has 1 aromatic heterocycles. The summed E-state index contributed by atoms with van der Waals surface area (Å²) >= 11 is 1.56. The predicted molar refractivity (Wildman–Crippen MR) is 176 cm³/mol. The minimum atomic E-state index is -0.824. The summed E-state index contributed by atoms with van der Waals surface area (Å²) in [7, 11) is 0. The molecule has 8 nitrogen and oxygen atoms in total. The number of nitrogens with zero attached hydrogens (tertiary/aromatic N) is 3. The van der Waals surface area contributed by atoms with Gasteiger partial charge < -0.3 is 14.4 Å². The normalized spacial score (nSPS) is 15.4. The average molecular weight is 638 g/mol. The molecule has 3 heterocycles. The van der Waals surface area contributed by atoms with E-state index in [-0.39, 0.29) is 18.1 Å². The molecule has 0 bridgehead atoms. The summed E-state index contributed by atoms with van der Waals surface area (Å²) in [6.07, 6.45) is 8.70. The number of amides is 2. The van der Waals surface area contributed by atoms with Crippen LogP contribution in [0.2, 0.25) is 0 Å². The maximum atomic E-state index is 14.2. The molecule has 0 spiro atoms. The highest BCUT2D eigenvalue weighted by Crippen LogP contribution is 2.33. The molecule has 0 radical (unpaired) electrons. The molecular formula is C35H44FN3O5S. The lowest BCUT2D eigenvalue weighted by atomic mass is 9.98. The number of ether oxygens (including phenoxy) is 2. The van der Waals surface area contributed by atoms with Gasteiger partial charge in [-0.3, -0.25) is 14.5 Å². The Morgan fingerprint density at radius 1 is 0.889 bits per heavy atom. The average Bonchev–Trinajstić information content (AvgIpc) is 3.51. The number of esters is 1. The Morgan fingerprint density at radius 2 is 1.67 bits per heavy atom. The van der Waals surface area contributed by atoms with E-state index in [1.807, 2.05) is 17.5 Å². The molecule has 10 heteroatoms. The lowest BCUT2D eigenvalue weighted by molar-refractivity contribution is -0.151. The van der Waals surface area contributed by atoms with Gasteiger partial charge in [-0.1, -0.05) is 57.6 Å². The zero-order valence-corrected chi connectivity index (χ0v) is 27.0. The SMILES string of the molecule is CCCCCCCCCC(=O)OCOC(=O)N1C(=O)CCc2ccc(CCN3CCN(c4cc(F)cc5sccc45)CC3)cc21. The Labute approximate surface area is 269 Å². The van der Waals surface area contributed by atoms with Gasteiger partial charge in [0.25, 0.3) is 0 Å². The molecule has 2 aromatic carbocycles. The van der Waals surface area contributed by atoms with Crippen LogP contribution in [0.1, 0.15) is 75.8 Å². The number of unbranched alkanes of at least 4 members (excludes halogenated alkanes) is 6. The van der Waals surface area contributed by atoms with Crippen LogP contribution in [0.4, 0.5) is 20.6 Å². The topological polar surface area (TPSA) is 79.4 Å². The highest BCUT2D eigenvalue weighted by Gasteiger charge is 2.31. The number of piperazine rings is 1. The van der Waals surface area contributed by atoms with Crippen LogP contribution in [0.3, 0.4) is 0 Å². The first-order valence-electron chi connectivity index (χ1n) is 16.3. The standard InChI is InChI=1S/C35H44FN3O5S/c1-2-3-4-5-6-7-8-9-34(41)43-25-44-35(42)39-30-22-26(10-11-27(30)12-13-33(39)40)14-16-37-17-19-38(20-18-37)31-23-28(36)24-32-29(31)15-21-45-32/h10-11,15,21-24H,2-9,12-14,16-20,25H2,1H3. The molecule has 1 saturated heterocycles. The van der Waals surface area contributed by atoms with Crippen molar-refractivity contribution >= 4 is 50.8 Å². The molecule has 0 saturated carbocycles. The van der Waals surface area contributed by atoms with E-state index in [4.69, 9.17) is 9.47 Å². The molecule has 2 aliphatic rings. The monoisotopic (exact) mass is 637 g/mol. The number of carbonyl (C=O) groups is 3. The minimum Gasteiger partial charge on any atom is -0.428 e. The summed E-state index contributed by atoms with van der Waals surface area (Å²) in [5.74, 6) is -0.932. The van der Waals surface area contributed by atoms with Gasteiger partial charge in [-0.25, -0.2) is 14.1 Å². The van der Waals surface area contributed by atoms with Crippen molar-refractivity contribution < 1.29 is 28.2 Å². The number of hydrogen-bond donors (Lipinski definition) is 0. The number of anilines is 2. The van der Waals surface area contributed by atoms with Crippen molar-refractivity contribution in [2.45, 2.75) is 77.6 Å². The Kier molecular flexibility index (Phi) is 11.8. The molecule has 1 fully saturated rings. The lowest BCUT2D eigenvalue weighted by Crippen LogP contribution is -2.47. The quantitative estimate of drug-likeness (QED) is 0.103. The number of thiophene rings is 1. The number of aryl methyl sites for hydroxylation is 1. The molecule has 0 unspecified atom stereocenters. The van der Waals surface area contributed by atoms with Crippen LogP contribution < -0.4 is 9.80 Å². The molecule has 0 aliphatic carbocycles. The number of imide groups is 1. The third kappa shape index (κ3) is 8.82. The number of hydrogen-bond acceptors (Lipinski definition) is 8. The van der Waals surface area contributed by atoms with Crippen LogP contribution in [0.25, 0.3) is 10.1 Å². The number of halogens is 1. The third-order valence-corrected chi connectivity index (χ3v) is 9.63. The van der Waals surface area contributed by atoms with Gasteiger partial charge in [-0.2, -0.15) is 0 Å². The second kappa shape index (κ2) is 16.2. The smallest absolute Gasteiger partial charge is 0.424 e. The van der Waals surface area contributed by atoms with Crippen LogP contribution >= 0.6 is 11.3 Å². The van der Waals surface area contributed by atoms with E-state index in [1.54, 1.807) is 23.5 Å². The summed E-state index contributed by atoms with van der Waals surface area (Å²) in [6.45, 7) is 5.87. The van der Waals surface area contributed by atoms with Crippen molar-refractivity contribution in [3.8, 4) is 0 Å². The molecule has 45 heavy (non-hydrogen) atoms. The van der Waals surface area contributed by atoms with Crippen LogP contribution in [-0.2, 0) is 31.9 Å². The molecule has 3 aromatic rings. The van der Waals surface area contributed by atoms with Gasteiger partial charge in [0.1, 0.15) is 5.82 Å². The van der Waals surface area contributed by atoms with Gasteiger partial charge in [0, 0.05) is 61.3 Å². The maximum Gasteiger partial charge on any atom is 0.424 e. The van der Waals surface area contributed by atoms with Crippen molar-refractivity contribution in [2.24, 2.45) is 0 Å². The van der Waals surface area contributed by atoms with Gasteiger partial charge in [-0.05, 0) is 60.0 Å². The summed E-state index contributed by atoms with van der Waals surface area (Å²) in [4.78, 5) is 43.5. The minimum absolute atomic E-state index is 0.203. The predicted octanol–water partition coefficient (Wildman–Crippen LogP) is 7.46. The number of fused-ring (bicyclic) bond motifs is 2. The molecule has 0 N–H and O–H groups in total. The lowest BCUT2D eigenvalue weighted by Gasteiger charge is -2.36. The van der Waals surface area contributed by atoms with Crippen molar-refractivity contribution in [3.63, 3.8) is 0 Å². The number of carbonyl (C=O) groups excluding carboxylic acids is 3. The van der Waals surface area contributed by atoms with E-state index >= 15 is 0 Å². The molecule has 242 valence electrons. The highest BCUT2D eigenvalue weighted by molar-refractivity contribution is 7.17. The van der Waals surface area contributed by atoms with Gasteiger partial charge in [-0.15, -0.1) is 11.3 Å². The Balaban J connectivity index is 1.08. The van der Waals surface area contributed by atoms with Crippen molar-refractivity contribution in [1.82, 2.24) is 4.90 Å². The molecular weight excluding hydrogens is 593 g/mol. The van der Waals surface area contributed by atoms with Gasteiger partial charge in [0.15, 0.2) is 0 Å². The maximum absolute atomic E-state index is 14.2. The number of rotatable bonds is 14. The first-order chi connectivity index (χ1) is 21.9. The van der Waals surface area contributed by atoms with Crippen LogP contribution in [-0.4, -0.2) is 62.4 Å². The Hall–Kier alpha value is -3.50. The van der Waals surface area contributed by atoms with Gasteiger partial charge >= 0.3 is 12.1 Å². The first kappa shape index (κ1) is 32.9. The fraction of sp³-hybridized carbons (Fsp3) is 0.514. The summed E-state index contributed by atoms with van der Waals surface area (Å²) in [5, 5.41) is 3.10. The second-order valence-electron chi connectivity index (χ2n) is 11.9. The van der Waals surface area contributed by atoms with E-state index in [0.29, 0.717) is 18.5 Å². The third-order valence-electron chi connectivity index (χ3n) is 8.76. The molecule has 0 atom stereocenters. The van der Waals surface area contributed by atoms with Crippen LogP contribution in [0.5, 0.6) is 0 Å². The van der Waals surface area contributed by atoms with Crippen LogP contribution in [0.15, 0.2) is 41.8 Å². The number of benzene rings is 2. The molecule has 2 aliphatic heterocycles. The zero-order chi connectivity index (χ0) is 31.6. The largest absolute Gasteiger partial charge is 0.428 e. The van der Waals surface area contributed by atoms with Crippen LogP contribution in [0, 0.1) is 5.82 Å². The zero-order valence-electron chi connectivity index (χ0n) is 26.2. The van der Waals surface area contributed by atoms with Gasteiger partial charge in [0.05, 0.1) is 5.69 Å². The summed E-state index contributed by atoms with van der Waals surface area (Å²) < 4.78 is 25.5. The first-order valence-corrected chi connectivity index (χ1v) is 17.2. The van der Waals surface area contributed by atoms with E-state index in [2.05, 4.69) is 28.9 Å². The van der Waals surface area contributed by atoms with E-state index < -0.39 is 18.9 Å². The Morgan fingerprint density at radius 3 is 2.47 bits per heavy atom. The fourth-order valence-corrected chi connectivity index (χ4v) is 6.99. The molecule has 2 amide bonds. The molecule has 5 rings (SSSR count). The van der Waals surface area contributed by atoms with E-state index in [1.165, 1.54) is 25.7 Å². The summed E-state index contributed by atoms with van der Waals surface area (Å²) in [6, 6.07) is 11.2. The van der Waals surface area contributed by atoms with Gasteiger partial charge in [0.2, 0.25) is 12.7 Å². The van der Waals surface area contributed by atoms with Crippen molar-refractivity contribution in [3.05, 3.63) is 58.7 Å². The second-order valence-corrected chi connectivity index (χ2v) is 12.9. The highest BCUT2D eigenvalue weighted by atomic mass is 32.1. The fourth-order valence-electron chi connectivity index (χ4n) is 6.16. The van der Waals surface area contributed by atoms with E-state index in [9.17, 15) is 18.8 Å². The van der Waals surface area contributed by atoms with Crippen molar-refractivity contribution in [2.75, 3.05) is 49.3 Å². The van der Waals surface area contributed by atoms with E-state index in [0.717, 1.165) is 90.2 Å².